The van der Waals surface area contributed by atoms with Gasteiger partial charge in [0.05, 0.1) is 10.7 Å². The lowest BCUT2D eigenvalue weighted by molar-refractivity contribution is -0.119. The van der Waals surface area contributed by atoms with Gasteiger partial charge in [0.25, 0.3) is 5.91 Å². The van der Waals surface area contributed by atoms with E-state index in [1.165, 1.54) is 29.5 Å². The summed E-state index contributed by atoms with van der Waals surface area (Å²) < 4.78 is 18.9. The van der Waals surface area contributed by atoms with Crippen LogP contribution in [0.1, 0.15) is 9.67 Å². The Hall–Kier alpha value is -2.52. The summed E-state index contributed by atoms with van der Waals surface area (Å²) in [4.78, 5) is 28.9. The van der Waals surface area contributed by atoms with Crippen molar-refractivity contribution in [2.75, 3.05) is 11.9 Å². The first kappa shape index (κ1) is 20.7. The summed E-state index contributed by atoms with van der Waals surface area (Å²) in [5.41, 5.74) is 1.38. The molecule has 10 heteroatoms. The molecule has 0 bridgehead atoms. The summed E-state index contributed by atoms with van der Waals surface area (Å²) in [5, 5.41) is 5.96. The van der Waals surface area contributed by atoms with Crippen LogP contribution < -0.4 is 5.32 Å². The van der Waals surface area contributed by atoms with Crippen LogP contribution in [-0.4, -0.2) is 23.5 Å². The van der Waals surface area contributed by atoms with Crippen LogP contribution in [0.5, 0.6) is 0 Å². The first-order chi connectivity index (χ1) is 14.4. The van der Waals surface area contributed by atoms with E-state index >= 15 is 0 Å². The average Bonchev–Trinajstić information content (AvgIpc) is 3.31. The summed E-state index contributed by atoms with van der Waals surface area (Å²) in [6.45, 7) is -0.515. The molecular formula is C20H11Cl2FN2O3S2. The van der Waals surface area contributed by atoms with Crippen LogP contribution in [0.4, 0.5) is 9.52 Å². The highest BCUT2D eigenvalue weighted by molar-refractivity contribution is 7.21. The van der Waals surface area contributed by atoms with Crippen molar-refractivity contribution in [3.8, 4) is 11.3 Å². The molecule has 152 valence electrons. The third-order valence-corrected chi connectivity index (χ3v) is 6.74. The van der Waals surface area contributed by atoms with Gasteiger partial charge in [-0.25, -0.2) is 14.2 Å². The van der Waals surface area contributed by atoms with Gasteiger partial charge in [-0.15, -0.1) is 22.7 Å². The van der Waals surface area contributed by atoms with Gasteiger partial charge in [-0.3, -0.25) is 10.1 Å². The van der Waals surface area contributed by atoms with Gasteiger partial charge in [-0.05, 0) is 24.3 Å². The summed E-state index contributed by atoms with van der Waals surface area (Å²) >= 11 is 14.6. The number of ether oxygens (including phenoxy) is 1. The number of carbonyl (C=O) groups is 2. The zero-order valence-corrected chi connectivity index (χ0v) is 18.1. The van der Waals surface area contributed by atoms with Gasteiger partial charge in [-0.2, -0.15) is 0 Å². The zero-order valence-electron chi connectivity index (χ0n) is 14.9. The lowest BCUT2D eigenvalue weighted by Gasteiger charge is -2.04. The molecule has 1 N–H and O–H groups in total. The zero-order chi connectivity index (χ0) is 21.3. The minimum absolute atomic E-state index is 0.111. The smallest absolute Gasteiger partial charge is 0.350 e. The summed E-state index contributed by atoms with van der Waals surface area (Å²) in [6.07, 6.45) is 0. The molecule has 0 spiro atoms. The number of thiophene rings is 1. The van der Waals surface area contributed by atoms with Crippen molar-refractivity contribution in [2.24, 2.45) is 0 Å². The minimum Gasteiger partial charge on any atom is -0.451 e. The van der Waals surface area contributed by atoms with Crippen LogP contribution >= 0.6 is 45.9 Å². The van der Waals surface area contributed by atoms with E-state index in [-0.39, 0.29) is 9.90 Å². The van der Waals surface area contributed by atoms with Gasteiger partial charge in [0, 0.05) is 26.1 Å². The molecule has 0 aliphatic heterocycles. The predicted molar refractivity (Wildman–Crippen MR) is 118 cm³/mol. The molecule has 0 atom stereocenters. The molecule has 0 unspecified atom stereocenters. The van der Waals surface area contributed by atoms with E-state index in [1.54, 1.807) is 11.4 Å². The van der Waals surface area contributed by atoms with Crippen LogP contribution in [0.15, 0.2) is 47.8 Å². The van der Waals surface area contributed by atoms with E-state index in [0.29, 0.717) is 25.9 Å². The fraction of sp³-hybridized carbons (Fsp3) is 0.0500. The fourth-order valence-corrected chi connectivity index (χ4v) is 5.03. The molecule has 4 aromatic rings. The quantitative estimate of drug-likeness (QED) is 0.342. The van der Waals surface area contributed by atoms with Gasteiger partial charge >= 0.3 is 5.97 Å². The minimum atomic E-state index is -0.757. The molecule has 0 aliphatic rings. The number of esters is 1. The van der Waals surface area contributed by atoms with E-state index in [9.17, 15) is 14.0 Å². The fourth-order valence-electron chi connectivity index (χ4n) is 2.65. The molecular weight excluding hydrogens is 470 g/mol. The second-order valence-electron chi connectivity index (χ2n) is 6.03. The van der Waals surface area contributed by atoms with Gasteiger partial charge in [-0.1, -0.05) is 41.4 Å². The third-order valence-electron chi connectivity index (χ3n) is 4.01. The lowest BCUT2D eigenvalue weighted by atomic mass is 10.2. The maximum Gasteiger partial charge on any atom is 0.350 e. The van der Waals surface area contributed by atoms with Crippen LogP contribution in [-0.2, 0) is 9.53 Å². The number of anilines is 1. The number of hydrogen-bond acceptors (Lipinski definition) is 6. The Bertz CT molecular complexity index is 1270. The second kappa shape index (κ2) is 8.69. The highest BCUT2D eigenvalue weighted by Gasteiger charge is 2.20. The maximum atomic E-state index is 13.4. The van der Waals surface area contributed by atoms with Crippen LogP contribution in [0, 0.1) is 5.82 Å². The monoisotopic (exact) mass is 480 g/mol. The van der Waals surface area contributed by atoms with Crippen LogP contribution in [0.25, 0.3) is 21.3 Å². The standard InChI is InChI=1S/C20H11Cl2FN2O3S2/c21-13-4-2-1-3-11(13)14-9-29-20(24-14)25-16(26)8-28-19(27)18-17(22)12-6-5-10(23)7-15(12)30-18/h1-7,9H,8H2,(H,24,25,26). The molecule has 0 radical (unpaired) electrons. The highest BCUT2D eigenvalue weighted by Crippen LogP contribution is 2.36. The first-order valence-electron chi connectivity index (χ1n) is 8.47. The van der Waals surface area contributed by atoms with Gasteiger partial charge < -0.3 is 4.74 Å². The molecule has 5 nitrogen and oxygen atoms in total. The largest absolute Gasteiger partial charge is 0.451 e. The van der Waals surface area contributed by atoms with Crippen molar-refractivity contribution in [2.45, 2.75) is 0 Å². The van der Waals surface area contributed by atoms with E-state index in [2.05, 4.69) is 10.3 Å². The van der Waals surface area contributed by atoms with E-state index in [1.807, 2.05) is 18.2 Å². The van der Waals surface area contributed by atoms with Crippen molar-refractivity contribution < 1.29 is 18.7 Å². The SMILES string of the molecule is O=C(COC(=O)c1sc2cc(F)ccc2c1Cl)Nc1nc(-c2ccccc2Cl)cs1. The normalized spacial score (nSPS) is 10.9. The number of rotatable bonds is 5. The number of nitrogens with zero attached hydrogens (tertiary/aromatic N) is 1. The number of amides is 1. The predicted octanol–water partition coefficient (Wildman–Crippen LogP) is 6.27. The second-order valence-corrected chi connectivity index (χ2v) is 8.72. The van der Waals surface area contributed by atoms with Gasteiger partial charge in [0.1, 0.15) is 10.7 Å². The Kier molecular flexibility index (Phi) is 6.01. The van der Waals surface area contributed by atoms with E-state index < -0.39 is 24.3 Å². The summed E-state index contributed by atoms with van der Waals surface area (Å²) in [6, 6.07) is 11.3. The number of fused-ring (bicyclic) bond motifs is 1. The Labute approximate surface area is 188 Å². The number of benzene rings is 2. The number of carbonyl (C=O) groups excluding carboxylic acids is 2. The molecule has 0 aliphatic carbocycles. The van der Waals surface area contributed by atoms with Crippen molar-refractivity contribution in [3.05, 3.63) is 68.6 Å². The van der Waals surface area contributed by atoms with Gasteiger partial charge in [0.2, 0.25) is 0 Å². The van der Waals surface area contributed by atoms with Crippen molar-refractivity contribution in [1.82, 2.24) is 4.98 Å². The molecule has 2 aromatic carbocycles. The Morgan fingerprint density at radius 1 is 1.17 bits per heavy atom. The molecule has 1 amide bonds. The highest BCUT2D eigenvalue weighted by atomic mass is 35.5. The Morgan fingerprint density at radius 3 is 2.77 bits per heavy atom. The molecule has 0 fully saturated rings. The molecule has 2 aromatic heterocycles. The Morgan fingerprint density at radius 2 is 1.97 bits per heavy atom. The number of hydrogen-bond donors (Lipinski definition) is 1. The first-order valence-corrected chi connectivity index (χ1v) is 10.9. The summed E-state index contributed by atoms with van der Waals surface area (Å²) in [7, 11) is 0. The molecule has 0 saturated carbocycles. The Balaban J connectivity index is 1.39. The molecule has 4 rings (SSSR count). The average molecular weight is 481 g/mol. The lowest BCUT2D eigenvalue weighted by Crippen LogP contribution is -2.20. The van der Waals surface area contributed by atoms with Crippen molar-refractivity contribution in [3.63, 3.8) is 0 Å². The summed E-state index contributed by atoms with van der Waals surface area (Å²) in [5.74, 6) is -1.74. The topological polar surface area (TPSA) is 68.3 Å². The number of halogens is 3. The third kappa shape index (κ3) is 4.32. The molecule has 0 saturated heterocycles. The molecule has 30 heavy (non-hydrogen) atoms. The van der Waals surface area contributed by atoms with E-state index in [4.69, 9.17) is 27.9 Å². The number of aromatic nitrogens is 1. The number of nitrogens with one attached hydrogen (secondary N) is 1. The van der Waals surface area contributed by atoms with E-state index in [0.717, 1.165) is 16.9 Å². The van der Waals surface area contributed by atoms with Crippen molar-refractivity contribution in [1.29, 1.82) is 0 Å². The van der Waals surface area contributed by atoms with Gasteiger partial charge in [0.15, 0.2) is 11.7 Å². The van der Waals surface area contributed by atoms with Crippen LogP contribution in [0.2, 0.25) is 10.0 Å². The maximum absolute atomic E-state index is 13.4. The number of thiazole rings is 1. The van der Waals surface area contributed by atoms with Crippen LogP contribution in [0.3, 0.4) is 0 Å². The molecule has 2 heterocycles. The van der Waals surface area contributed by atoms with Crippen molar-refractivity contribution >= 4 is 73.0 Å².